The third-order valence-corrected chi connectivity index (χ3v) is 6.35. The minimum absolute atomic E-state index is 0.0360. The number of fused-ring (bicyclic) bond motifs is 2. The standard InChI is InChI=1S/C25H24BrFN4O3/c1-14(24-12-28-5-6-33-24)34-23-10-16-8-21-18(7-15(16)9-22(23)32-2)25(30-13-29-21)31-20-4-3-17(26)11-19(20)27/h3-4,7-11,13-14,24,28H,5-6,12H2,1-2H3,(H,29,30,31). The SMILES string of the molecule is COc1cc2cc3c(Nc4ccc(Br)cc4F)ncnc3cc2cc1OC(C)C1CNCCO1. The predicted octanol–water partition coefficient (Wildman–Crippen LogP) is 5.19. The van der Waals surface area contributed by atoms with Crippen molar-refractivity contribution in [1.82, 2.24) is 15.3 Å². The van der Waals surface area contributed by atoms with Crippen molar-refractivity contribution in [2.45, 2.75) is 19.1 Å². The number of morpholine rings is 1. The summed E-state index contributed by atoms with van der Waals surface area (Å²) in [5, 5.41) is 9.05. The first-order chi connectivity index (χ1) is 16.5. The van der Waals surface area contributed by atoms with Crippen molar-refractivity contribution in [2.24, 2.45) is 0 Å². The van der Waals surface area contributed by atoms with Crippen LogP contribution in [0.3, 0.4) is 0 Å². The molecule has 34 heavy (non-hydrogen) atoms. The maximum absolute atomic E-state index is 14.4. The van der Waals surface area contributed by atoms with Crippen molar-refractivity contribution in [3.63, 3.8) is 0 Å². The highest BCUT2D eigenvalue weighted by atomic mass is 79.9. The minimum atomic E-state index is -0.378. The zero-order valence-electron chi connectivity index (χ0n) is 18.8. The topological polar surface area (TPSA) is 77.5 Å². The van der Waals surface area contributed by atoms with Gasteiger partial charge in [-0.2, -0.15) is 0 Å². The molecule has 2 unspecified atom stereocenters. The molecule has 0 bridgehead atoms. The van der Waals surface area contributed by atoms with Gasteiger partial charge in [0.2, 0.25) is 0 Å². The first-order valence-electron chi connectivity index (χ1n) is 11.0. The third-order valence-electron chi connectivity index (χ3n) is 5.85. The number of hydrogen-bond acceptors (Lipinski definition) is 7. The third kappa shape index (κ3) is 4.64. The molecule has 1 aromatic heterocycles. The summed E-state index contributed by atoms with van der Waals surface area (Å²) in [6.45, 7) is 4.25. The monoisotopic (exact) mass is 526 g/mol. The van der Waals surface area contributed by atoms with E-state index in [0.717, 1.165) is 34.8 Å². The number of benzene rings is 3. The summed E-state index contributed by atoms with van der Waals surface area (Å²) in [5.74, 6) is 1.40. The van der Waals surface area contributed by atoms with Crippen LogP contribution in [0, 0.1) is 5.82 Å². The molecule has 2 atom stereocenters. The number of nitrogens with one attached hydrogen (secondary N) is 2. The molecule has 0 saturated carbocycles. The van der Waals surface area contributed by atoms with Crippen LogP contribution in [0.1, 0.15) is 6.92 Å². The van der Waals surface area contributed by atoms with Crippen molar-refractivity contribution in [1.29, 1.82) is 0 Å². The Morgan fingerprint density at radius 1 is 1.15 bits per heavy atom. The lowest BCUT2D eigenvalue weighted by atomic mass is 10.1. The number of ether oxygens (including phenoxy) is 3. The van der Waals surface area contributed by atoms with E-state index in [1.807, 2.05) is 31.2 Å². The van der Waals surface area contributed by atoms with Crippen LogP contribution in [0.15, 0.2) is 53.3 Å². The van der Waals surface area contributed by atoms with E-state index >= 15 is 0 Å². The van der Waals surface area contributed by atoms with Gasteiger partial charge < -0.3 is 24.8 Å². The van der Waals surface area contributed by atoms with Crippen molar-refractivity contribution >= 4 is 49.1 Å². The van der Waals surface area contributed by atoms with Crippen LogP contribution in [0.2, 0.25) is 0 Å². The molecular formula is C25H24BrFN4O3. The molecule has 0 amide bonds. The lowest BCUT2D eigenvalue weighted by Crippen LogP contribution is -2.46. The molecule has 0 radical (unpaired) electrons. The zero-order chi connectivity index (χ0) is 23.7. The molecule has 5 rings (SSSR count). The highest BCUT2D eigenvalue weighted by molar-refractivity contribution is 9.10. The van der Waals surface area contributed by atoms with Crippen LogP contribution >= 0.6 is 15.9 Å². The van der Waals surface area contributed by atoms with Crippen LogP contribution in [0.4, 0.5) is 15.9 Å². The van der Waals surface area contributed by atoms with E-state index in [2.05, 4.69) is 36.5 Å². The fraction of sp³-hybridized carbons (Fsp3) is 0.280. The van der Waals surface area contributed by atoms with E-state index in [9.17, 15) is 4.39 Å². The smallest absolute Gasteiger partial charge is 0.162 e. The molecule has 1 aliphatic heterocycles. The van der Waals surface area contributed by atoms with E-state index in [4.69, 9.17) is 14.2 Å². The normalized spacial score (nSPS) is 17.0. The van der Waals surface area contributed by atoms with Crippen molar-refractivity contribution in [3.8, 4) is 11.5 Å². The van der Waals surface area contributed by atoms with E-state index in [1.165, 1.54) is 12.4 Å². The van der Waals surface area contributed by atoms with Crippen LogP contribution in [-0.4, -0.2) is 49.0 Å². The molecule has 7 nitrogen and oxygen atoms in total. The van der Waals surface area contributed by atoms with Crippen LogP contribution in [-0.2, 0) is 4.74 Å². The number of anilines is 2. The number of halogens is 2. The molecule has 4 aromatic rings. The van der Waals surface area contributed by atoms with Gasteiger partial charge in [-0.3, -0.25) is 0 Å². The summed E-state index contributed by atoms with van der Waals surface area (Å²) in [6.07, 6.45) is 1.27. The Morgan fingerprint density at radius 3 is 2.74 bits per heavy atom. The van der Waals surface area contributed by atoms with Gasteiger partial charge in [-0.25, -0.2) is 14.4 Å². The van der Waals surface area contributed by atoms with E-state index < -0.39 is 0 Å². The van der Waals surface area contributed by atoms with Crippen LogP contribution in [0.25, 0.3) is 21.7 Å². The van der Waals surface area contributed by atoms with Crippen molar-refractivity contribution in [2.75, 3.05) is 32.1 Å². The summed E-state index contributed by atoms with van der Waals surface area (Å²) in [5.41, 5.74) is 1.06. The maximum atomic E-state index is 14.4. The Bertz CT molecular complexity index is 1350. The zero-order valence-corrected chi connectivity index (χ0v) is 20.4. The lowest BCUT2D eigenvalue weighted by Gasteiger charge is -2.29. The Balaban J connectivity index is 1.51. The molecule has 1 aliphatic rings. The van der Waals surface area contributed by atoms with Gasteiger partial charge in [-0.1, -0.05) is 15.9 Å². The van der Waals surface area contributed by atoms with Gasteiger partial charge >= 0.3 is 0 Å². The van der Waals surface area contributed by atoms with Gasteiger partial charge in [-0.05, 0) is 60.2 Å². The Hall–Kier alpha value is -3.01. The summed E-state index contributed by atoms with van der Waals surface area (Å²) in [7, 11) is 1.62. The molecule has 2 N–H and O–H groups in total. The van der Waals surface area contributed by atoms with Crippen LogP contribution in [0.5, 0.6) is 11.5 Å². The maximum Gasteiger partial charge on any atom is 0.162 e. The number of hydrogen-bond donors (Lipinski definition) is 2. The molecule has 0 aliphatic carbocycles. The molecule has 176 valence electrons. The Morgan fingerprint density at radius 2 is 1.97 bits per heavy atom. The largest absolute Gasteiger partial charge is 0.493 e. The van der Waals surface area contributed by atoms with Gasteiger partial charge in [0.1, 0.15) is 30.2 Å². The second-order valence-electron chi connectivity index (χ2n) is 8.13. The van der Waals surface area contributed by atoms with Gasteiger partial charge in [0.05, 0.1) is 24.9 Å². The van der Waals surface area contributed by atoms with Crippen molar-refractivity contribution in [3.05, 3.63) is 59.1 Å². The molecular weight excluding hydrogens is 503 g/mol. The van der Waals surface area contributed by atoms with E-state index in [0.29, 0.717) is 34.1 Å². The molecule has 2 heterocycles. The van der Waals surface area contributed by atoms with Gasteiger partial charge in [0, 0.05) is 22.9 Å². The highest BCUT2D eigenvalue weighted by Gasteiger charge is 2.23. The number of aromatic nitrogens is 2. The predicted molar refractivity (Wildman–Crippen MR) is 134 cm³/mol. The summed E-state index contributed by atoms with van der Waals surface area (Å²) < 4.78 is 32.7. The summed E-state index contributed by atoms with van der Waals surface area (Å²) >= 11 is 3.28. The summed E-state index contributed by atoms with van der Waals surface area (Å²) in [6, 6.07) is 12.6. The number of rotatable bonds is 6. The number of nitrogens with zero attached hydrogens (tertiary/aromatic N) is 2. The Labute approximate surface area is 204 Å². The van der Waals surface area contributed by atoms with Gasteiger partial charge in [0.15, 0.2) is 11.5 Å². The average molecular weight is 527 g/mol. The molecule has 3 aromatic carbocycles. The second-order valence-corrected chi connectivity index (χ2v) is 9.04. The average Bonchev–Trinajstić information content (AvgIpc) is 2.85. The molecule has 1 fully saturated rings. The fourth-order valence-electron chi connectivity index (χ4n) is 4.04. The molecule has 9 heteroatoms. The highest BCUT2D eigenvalue weighted by Crippen LogP contribution is 2.36. The second kappa shape index (κ2) is 9.69. The quantitative estimate of drug-likeness (QED) is 0.334. The Kier molecular flexibility index (Phi) is 6.49. The molecule has 1 saturated heterocycles. The molecule has 0 spiro atoms. The lowest BCUT2D eigenvalue weighted by molar-refractivity contribution is -0.0355. The minimum Gasteiger partial charge on any atom is -0.493 e. The fourth-order valence-corrected chi connectivity index (χ4v) is 4.38. The van der Waals surface area contributed by atoms with E-state index in [1.54, 1.807) is 19.2 Å². The van der Waals surface area contributed by atoms with Crippen LogP contribution < -0.4 is 20.1 Å². The number of methoxy groups -OCH3 is 1. The van der Waals surface area contributed by atoms with Crippen molar-refractivity contribution < 1.29 is 18.6 Å². The first kappa shape index (κ1) is 22.8. The van der Waals surface area contributed by atoms with E-state index in [-0.39, 0.29) is 18.0 Å². The van der Waals surface area contributed by atoms with Gasteiger partial charge in [-0.15, -0.1) is 0 Å². The first-order valence-corrected chi connectivity index (χ1v) is 11.8. The summed E-state index contributed by atoms with van der Waals surface area (Å²) in [4.78, 5) is 8.77. The van der Waals surface area contributed by atoms with Gasteiger partial charge in [0.25, 0.3) is 0 Å².